The third-order valence-corrected chi connectivity index (χ3v) is 5.58. The molecule has 4 aromatic rings. The maximum atomic E-state index is 12.1. The molecule has 0 bridgehead atoms. The lowest BCUT2D eigenvalue weighted by atomic mass is 10.3. The molecule has 0 saturated carbocycles. The number of nitro groups is 1. The number of hydrogen-bond donors (Lipinski definition) is 3. The van der Waals surface area contributed by atoms with Crippen molar-refractivity contribution in [2.45, 2.75) is 0 Å². The number of carbonyl (C=O) groups excluding carboxylic acids is 1. The number of hydrogen-bond acceptors (Lipinski definition) is 10. The number of rotatable bonds is 8. The number of nitrogens with one attached hydrogen (secondary N) is 3. The summed E-state index contributed by atoms with van der Waals surface area (Å²) in [6.45, 7) is -0.413. The van der Waals surface area contributed by atoms with Gasteiger partial charge in [0, 0.05) is 5.02 Å². The van der Waals surface area contributed by atoms with E-state index in [0.717, 1.165) is 16.5 Å². The van der Waals surface area contributed by atoms with Gasteiger partial charge in [0.2, 0.25) is 11.6 Å². The van der Waals surface area contributed by atoms with E-state index < -0.39 is 23.1 Å². The SMILES string of the molecule is O=C(COc1ccc(Cl)cc1Cl)NNc1ncnc(Nc2nc3ccccc3s2)c1[N+](=O)[O-]. The normalized spacial score (nSPS) is 10.6. The van der Waals surface area contributed by atoms with Crippen LogP contribution in [0.4, 0.5) is 22.5 Å². The second-order valence-electron chi connectivity index (χ2n) is 6.32. The molecule has 0 spiro atoms. The minimum atomic E-state index is -0.672. The van der Waals surface area contributed by atoms with E-state index in [1.54, 1.807) is 6.07 Å². The summed E-state index contributed by atoms with van der Waals surface area (Å²) in [5.41, 5.74) is 4.98. The van der Waals surface area contributed by atoms with Crippen LogP contribution in [0.3, 0.4) is 0 Å². The molecule has 3 N–H and O–H groups in total. The highest BCUT2D eigenvalue weighted by Crippen LogP contribution is 2.33. The molecule has 4 rings (SSSR count). The van der Waals surface area contributed by atoms with Crippen LogP contribution in [0.1, 0.15) is 0 Å². The average Bonchev–Trinajstić information content (AvgIpc) is 3.19. The van der Waals surface area contributed by atoms with Crippen molar-refractivity contribution >= 4 is 73.1 Å². The van der Waals surface area contributed by atoms with Crippen molar-refractivity contribution in [3.05, 3.63) is 69.0 Å². The third-order valence-electron chi connectivity index (χ3n) is 4.10. The van der Waals surface area contributed by atoms with Crippen molar-refractivity contribution in [1.82, 2.24) is 20.4 Å². The Labute approximate surface area is 199 Å². The largest absolute Gasteiger partial charge is 0.482 e. The fraction of sp³-hybridized carbons (Fsp3) is 0.0526. The first-order chi connectivity index (χ1) is 15.9. The van der Waals surface area contributed by atoms with E-state index in [4.69, 9.17) is 27.9 Å². The highest BCUT2D eigenvalue weighted by atomic mass is 35.5. The van der Waals surface area contributed by atoms with Crippen LogP contribution in [0.15, 0.2) is 48.8 Å². The summed E-state index contributed by atoms with van der Waals surface area (Å²) < 4.78 is 6.23. The van der Waals surface area contributed by atoms with Crippen LogP contribution in [0.2, 0.25) is 10.0 Å². The van der Waals surface area contributed by atoms with Gasteiger partial charge in [-0.2, -0.15) is 0 Å². The number of hydrazine groups is 1. The van der Waals surface area contributed by atoms with Gasteiger partial charge in [-0.25, -0.2) is 15.0 Å². The first-order valence-corrected chi connectivity index (χ1v) is 10.7. The number of halogens is 2. The second-order valence-corrected chi connectivity index (χ2v) is 8.20. The molecule has 0 aliphatic carbocycles. The Morgan fingerprint density at radius 2 is 1.94 bits per heavy atom. The summed E-state index contributed by atoms with van der Waals surface area (Å²) in [5.74, 6) is -0.687. The van der Waals surface area contributed by atoms with Crippen LogP contribution < -0.4 is 20.9 Å². The molecule has 0 fully saturated rings. The van der Waals surface area contributed by atoms with Crippen molar-refractivity contribution in [2.75, 3.05) is 17.3 Å². The van der Waals surface area contributed by atoms with E-state index >= 15 is 0 Å². The lowest BCUT2D eigenvalue weighted by Gasteiger charge is -2.11. The Morgan fingerprint density at radius 3 is 2.70 bits per heavy atom. The predicted octanol–water partition coefficient (Wildman–Crippen LogP) is 4.57. The zero-order valence-electron chi connectivity index (χ0n) is 16.4. The molecule has 0 saturated heterocycles. The summed E-state index contributed by atoms with van der Waals surface area (Å²) in [5, 5.41) is 15.6. The van der Waals surface area contributed by atoms with Crippen LogP contribution in [0.25, 0.3) is 10.2 Å². The van der Waals surface area contributed by atoms with E-state index in [0.29, 0.717) is 10.2 Å². The van der Waals surface area contributed by atoms with Gasteiger partial charge < -0.3 is 10.1 Å². The molecule has 0 unspecified atom stereocenters. The number of fused-ring (bicyclic) bond motifs is 1. The van der Waals surface area contributed by atoms with Crippen molar-refractivity contribution in [3.63, 3.8) is 0 Å². The molecule has 0 radical (unpaired) electrons. The Kier molecular flexibility index (Phi) is 6.68. The number of aromatic nitrogens is 3. The minimum absolute atomic E-state index is 0.0880. The topological polar surface area (TPSA) is 144 Å². The number of ether oxygens (including phenoxy) is 1. The zero-order chi connectivity index (χ0) is 23.4. The highest BCUT2D eigenvalue weighted by molar-refractivity contribution is 7.22. The molecule has 14 heteroatoms. The number of nitrogens with zero attached hydrogens (tertiary/aromatic N) is 4. The van der Waals surface area contributed by atoms with E-state index in [2.05, 4.69) is 31.1 Å². The molecule has 2 heterocycles. The number of benzene rings is 2. The van der Waals surface area contributed by atoms with Crippen molar-refractivity contribution in [1.29, 1.82) is 0 Å². The molecule has 33 heavy (non-hydrogen) atoms. The summed E-state index contributed by atoms with van der Waals surface area (Å²) in [6.07, 6.45) is 1.11. The molecule has 0 aliphatic rings. The predicted molar refractivity (Wildman–Crippen MR) is 125 cm³/mol. The molecule has 0 atom stereocenters. The van der Waals surface area contributed by atoms with Crippen LogP contribution in [0.5, 0.6) is 5.75 Å². The fourth-order valence-corrected chi connectivity index (χ4v) is 3.99. The summed E-state index contributed by atoms with van der Waals surface area (Å²) in [4.78, 5) is 35.3. The van der Waals surface area contributed by atoms with Gasteiger partial charge in [0.1, 0.15) is 12.1 Å². The number of para-hydroxylation sites is 1. The van der Waals surface area contributed by atoms with Gasteiger partial charge in [0.05, 0.1) is 20.2 Å². The molecular formula is C19H13Cl2N7O4S. The van der Waals surface area contributed by atoms with Gasteiger partial charge in [-0.3, -0.25) is 25.8 Å². The average molecular weight is 506 g/mol. The highest BCUT2D eigenvalue weighted by Gasteiger charge is 2.24. The molecular weight excluding hydrogens is 493 g/mol. The molecule has 11 nitrogen and oxygen atoms in total. The number of thiazole rings is 1. The van der Waals surface area contributed by atoms with Crippen LogP contribution in [-0.2, 0) is 4.79 Å². The molecule has 2 aromatic carbocycles. The molecule has 168 valence electrons. The Bertz CT molecular complexity index is 1320. The van der Waals surface area contributed by atoms with E-state index in [1.165, 1.54) is 23.5 Å². The van der Waals surface area contributed by atoms with Gasteiger partial charge in [0.25, 0.3) is 5.91 Å². The number of anilines is 3. The maximum absolute atomic E-state index is 12.1. The lowest BCUT2D eigenvalue weighted by Crippen LogP contribution is -2.34. The van der Waals surface area contributed by atoms with Gasteiger partial charge in [0.15, 0.2) is 11.7 Å². The first-order valence-electron chi connectivity index (χ1n) is 9.15. The maximum Gasteiger partial charge on any atom is 0.355 e. The van der Waals surface area contributed by atoms with Crippen molar-refractivity contribution in [2.24, 2.45) is 0 Å². The second kappa shape index (κ2) is 9.81. The minimum Gasteiger partial charge on any atom is -0.482 e. The number of amides is 1. The smallest absolute Gasteiger partial charge is 0.355 e. The van der Waals surface area contributed by atoms with Gasteiger partial charge in [-0.05, 0) is 30.3 Å². The first kappa shape index (κ1) is 22.5. The Morgan fingerprint density at radius 1 is 1.15 bits per heavy atom. The Balaban J connectivity index is 1.45. The summed E-state index contributed by atoms with van der Waals surface area (Å²) >= 11 is 13.1. The standard InChI is InChI=1S/C19H13Cl2N7O4S/c20-10-5-6-13(11(21)7-10)32-8-15(29)26-27-18-16(28(30)31)17(22-9-23-18)25-19-24-12-3-1-2-4-14(12)33-19/h1-7,9H,8H2,(H,26,29)(H2,22,23,24,25,27). The van der Waals surface area contributed by atoms with E-state index in [1.807, 2.05) is 24.3 Å². The van der Waals surface area contributed by atoms with E-state index in [-0.39, 0.29) is 22.4 Å². The van der Waals surface area contributed by atoms with Gasteiger partial charge >= 0.3 is 5.69 Å². The van der Waals surface area contributed by atoms with Crippen molar-refractivity contribution < 1.29 is 14.5 Å². The fourth-order valence-electron chi connectivity index (χ4n) is 2.66. The lowest BCUT2D eigenvalue weighted by molar-refractivity contribution is -0.383. The van der Waals surface area contributed by atoms with Crippen LogP contribution in [0, 0.1) is 10.1 Å². The molecule has 0 aliphatic heterocycles. The Hall–Kier alpha value is -3.74. The monoisotopic (exact) mass is 505 g/mol. The molecule has 2 aromatic heterocycles. The zero-order valence-corrected chi connectivity index (χ0v) is 18.7. The number of carbonyl (C=O) groups is 1. The van der Waals surface area contributed by atoms with Crippen LogP contribution >= 0.6 is 34.5 Å². The van der Waals surface area contributed by atoms with E-state index in [9.17, 15) is 14.9 Å². The van der Waals surface area contributed by atoms with Gasteiger partial charge in [-0.15, -0.1) is 0 Å². The summed E-state index contributed by atoms with van der Waals surface area (Å²) in [6, 6.07) is 12.0. The van der Waals surface area contributed by atoms with Crippen molar-refractivity contribution in [3.8, 4) is 5.75 Å². The van der Waals surface area contributed by atoms with Crippen LogP contribution in [-0.4, -0.2) is 32.4 Å². The molecule has 1 amide bonds. The van der Waals surface area contributed by atoms with Gasteiger partial charge in [-0.1, -0.05) is 46.7 Å². The third kappa shape index (κ3) is 5.37. The summed E-state index contributed by atoms with van der Waals surface area (Å²) in [7, 11) is 0. The quantitative estimate of drug-likeness (QED) is 0.231.